The maximum absolute atomic E-state index is 4.91. The Bertz CT molecular complexity index is 488. The van der Waals surface area contributed by atoms with Gasteiger partial charge in [0.15, 0.2) is 0 Å². The summed E-state index contributed by atoms with van der Waals surface area (Å²) >= 11 is 0. The minimum atomic E-state index is 0.930. The SMILES string of the molecule is CNCCCCCN(C)c1cc(N2CCCC2)nc(N2CCCC2)n1. The van der Waals surface area contributed by atoms with Crippen LogP contribution in [0, 0.1) is 0 Å². The van der Waals surface area contributed by atoms with Crippen LogP contribution >= 0.6 is 0 Å². The second-order valence-electron chi connectivity index (χ2n) is 7.36. The van der Waals surface area contributed by atoms with Gasteiger partial charge in [-0.2, -0.15) is 9.97 Å². The van der Waals surface area contributed by atoms with E-state index >= 15 is 0 Å². The predicted molar refractivity (Wildman–Crippen MR) is 106 cm³/mol. The van der Waals surface area contributed by atoms with Gasteiger partial charge >= 0.3 is 0 Å². The summed E-state index contributed by atoms with van der Waals surface area (Å²) < 4.78 is 0. The first-order valence-electron chi connectivity index (χ1n) is 10.0. The molecule has 0 unspecified atom stereocenters. The van der Waals surface area contributed by atoms with Crippen LogP contribution in [0.4, 0.5) is 17.6 Å². The molecule has 0 bridgehead atoms. The Hall–Kier alpha value is -1.56. The molecule has 0 amide bonds. The lowest BCUT2D eigenvalue weighted by molar-refractivity contribution is 0.637. The molecular formula is C19H34N6. The minimum Gasteiger partial charge on any atom is -0.359 e. The summed E-state index contributed by atoms with van der Waals surface area (Å²) in [7, 11) is 4.19. The molecule has 3 heterocycles. The Morgan fingerprint density at radius 1 is 0.960 bits per heavy atom. The third-order valence-corrected chi connectivity index (χ3v) is 5.32. The van der Waals surface area contributed by atoms with Gasteiger partial charge in [-0.1, -0.05) is 6.42 Å². The fourth-order valence-electron chi connectivity index (χ4n) is 3.71. The molecule has 6 nitrogen and oxygen atoms in total. The number of anilines is 3. The molecule has 1 N–H and O–H groups in total. The van der Waals surface area contributed by atoms with Crippen LogP contribution in [0.3, 0.4) is 0 Å². The third kappa shape index (κ3) is 4.97. The monoisotopic (exact) mass is 346 g/mol. The van der Waals surface area contributed by atoms with Crippen LogP contribution in [0.15, 0.2) is 6.07 Å². The highest BCUT2D eigenvalue weighted by molar-refractivity contribution is 5.56. The van der Waals surface area contributed by atoms with Crippen LogP contribution in [0.2, 0.25) is 0 Å². The summed E-state index contributed by atoms with van der Waals surface area (Å²) in [4.78, 5) is 16.9. The number of nitrogens with one attached hydrogen (secondary N) is 1. The lowest BCUT2D eigenvalue weighted by atomic mass is 10.2. The molecule has 2 aliphatic rings. The van der Waals surface area contributed by atoms with Gasteiger partial charge in [0.25, 0.3) is 0 Å². The first-order valence-corrected chi connectivity index (χ1v) is 10.0. The van der Waals surface area contributed by atoms with Crippen molar-refractivity contribution < 1.29 is 0 Å². The normalized spacial score (nSPS) is 17.5. The molecular weight excluding hydrogens is 312 g/mol. The van der Waals surface area contributed by atoms with E-state index < -0.39 is 0 Å². The summed E-state index contributed by atoms with van der Waals surface area (Å²) in [5.74, 6) is 3.12. The van der Waals surface area contributed by atoms with E-state index in [1.807, 2.05) is 7.05 Å². The van der Waals surface area contributed by atoms with Crippen molar-refractivity contribution in [2.45, 2.75) is 44.9 Å². The Morgan fingerprint density at radius 3 is 2.32 bits per heavy atom. The predicted octanol–water partition coefficient (Wildman–Crippen LogP) is 2.50. The maximum Gasteiger partial charge on any atom is 0.229 e. The molecule has 25 heavy (non-hydrogen) atoms. The molecule has 2 aliphatic heterocycles. The van der Waals surface area contributed by atoms with Crippen LogP contribution < -0.4 is 20.0 Å². The van der Waals surface area contributed by atoms with Gasteiger partial charge in [0.1, 0.15) is 11.6 Å². The summed E-state index contributed by atoms with van der Waals surface area (Å²) in [6.45, 7) is 6.61. The minimum absolute atomic E-state index is 0.930. The molecule has 2 fully saturated rings. The Kier molecular flexibility index (Phi) is 6.73. The molecule has 2 saturated heterocycles. The molecule has 0 aliphatic carbocycles. The molecule has 0 radical (unpaired) electrons. The number of hydrogen-bond donors (Lipinski definition) is 1. The van der Waals surface area contributed by atoms with Crippen LogP contribution in [0.5, 0.6) is 0 Å². The van der Waals surface area contributed by atoms with Gasteiger partial charge in [-0.25, -0.2) is 0 Å². The van der Waals surface area contributed by atoms with Gasteiger partial charge in [0.05, 0.1) is 0 Å². The van der Waals surface area contributed by atoms with Crippen molar-refractivity contribution >= 4 is 17.6 Å². The van der Waals surface area contributed by atoms with E-state index in [1.165, 1.54) is 44.9 Å². The van der Waals surface area contributed by atoms with Crippen LogP contribution in [0.25, 0.3) is 0 Å². The summed E-state index contributed by atoms with van der Waals surface area (Å²) in [5.41, 5.74) is 0. The Morgan fingerprint density at radius 2 is 1.64 bits per heavy atom. The largest absolute Gasteiger partial charge is 0.359 e. The lowest BCUT2D eigenvalue weighted by Crippen LogP contribution is -2.27. The van der Waals surface area contributed by atoms with Crippen molar-refractivity contribution in [1.82, 2.24) is 15.3 Å². The zero-order valence-corrected chi connectivity index (χ0v) is 16.0. The molecule has 0 atom stereocenters. The van der Waals surface area contributed by atoms with Crippen molar-refractivity contribution in [2.24, 2.45) is 0 Å². The van der Waals surface area contributed by atoms with E-state index in [4.69, 9.17) is 9.97 Å². The van der Waals surface area contributed by atoms with E-state index in [9.17, 15) is 0 Å². The fraction of sp³-hybridized carbons (Fsp3) is 0.789. The van der Waals surface area contributed by atoms with E-state index in [2.05, 4.69) is 33.1 Å². The fourth-order valence-corrected chi connectivity index (χ4v) is 3.71. The second kappa shape index (κ2) is 9.22. The van der Waals surface area contributed by atoms with Crippen LogP contribution in [-0.4, -0.2) is 63.3 Å². The standard InChI is InChI=1S/C19H34N6/c1-20-10-4-3-5-11-23(2)17-16-18(24-12-6-7-13-24)22-19(21-17)25-14-8-9-15-25/h16,20H,3-15H2,1-2H3. The van der Waals surface area contributed by atoms with Gasteiger partial charge in [0, 0.05) is 45.8 Å². The average molecular weight is 347 g/mol. The molecule has 0 aromatic carbocycles. The van der Waals surface area contributed by atoms with E-state index in [0.29, 0.717) is 0 Å². The summed E-state index contributed by atoms with van der Waals surface area (Å²) in [6, 6.07) is 2.19. The van der Waals surface area contributed by atoms with Crippen LogP contribution in [0.1, 0.15) is 44.9 Å². The molecule has 6 heteroatoms. The van der Waals surface area contributed by atoms with Gasteiger partial charge in [-0.3, -0.25) is 0 Å². The number of aromatic nitrogens is 2. The lowest BCUT2D eigenvalue weighted by Gasteiger charge is -2.25. The van der Waals surface area contributed by atoms with Gasteiger partial charge in [0.2, 0.25) is 5.95 Å². The highest BCUT2D eigenvalue weighted by Crippen LogP contribution is 2.26. The van der Waals surface area contributed by atoms with Gasteiger partial charge in [-0.15, -0.1) is 0 Å². The van der Waals surface area contributed by atoms with E-state index in [0.717, 1.165) is 56.9 Å². The summed E-state index contributed by atoms with van der Waals surface area (Å²) in [5, 5.41) is 3.22. The highest BCUT2D eigenvalue weighted by Gasteiger charge is 2.21. The highest BCUT2D eigenvalue weighted by atomic mass is 15.3. The van der Waals surface area contributed by atoms with E-state index in [1.54, 1.807) is 0 Å². The molecule has 1 aromatic heterocycles. The number of hydrogen-bond acceptors (Lipinski definition) is 6. The van der Waals surface area contributed by atoms with Crippen molar-refractivity contribution in [3.05, 3.63) is 6.07 Å². The van der Waals surface area contributed by atoms with Crippen molar-refractivity contribution in [3.63, 3.8) is 0 Å². The van der Waals surface area contributed by atoms with Crippen molar-refractivity contribution in [2.75, 3.05) is 68.1 Å². The first kappa shape index (κ1) is 18.2. The zero-order chi connectivity index (χ0) is 17.5. The van der Waals surface area contributed by atoms with Crippen LogP contribution in [-0.2, 0) is 0 Å². The van der Waals surface area contributed by atoms with Gasteiger partial charge in [-0.05, 0) is 52.1 Å². The zero-order valence-electron chi connectivity index (χ0n) is 16.0. The summed E-state index contributed by atoms with van der Waals surface area (Å²) in [6.07, 6.45) is 8.78. The van der Waals surface area contributed by atoms with Crippen molar-refractivity contribution in [3.8, 4) is 0 Å². The number of unbranched alkanes of at least 4 members (excludes halogenated alkanes) is 2. The average Bonchev–Trinajstić information content (AvgIpc) is 3.34. The molecule has 1 aromatic rings. The Labute approximate surface area is 152 Å². The molecule has 0 saturated carbocycles. The molecule has 0 spiro atoms. The maximum atomic E-state index is 4.91. The van der Waals surface area contributed by atoms with Gasteiger partial charge < -0.3 is 20.0 Å². The topological polar surface area (TPSA) is 47.5 Å². The number of rotatable bonds is 9. The molecule has 3 rings (SSSR count). The quantitative estimate of drug-likeness (QED) is 0.693. The van der Waals surface area contributed by atoms with Crippen molar-refractivity contribution in [1.29, 1.82) is 0 Å². The third-order valence-electron chi connectivity index (χ3n) is 5.32. The Balaban J connectivity index is 1.69. The first-order chi connectivity index (χ1) is 12.3. The number of nitrogens with zero attached hydrogens (tertiary/aromatic N) is 5. The smallest absolute Gasteiger partial charge is 0.229 e. The second-order valence-corrected chi connectivity index (χ2v) is 7.36. The van der Waals surface area contributed by atoms with E-state index in [-0.39, 0.29) is 0 Å². The molecule has 140 valence electrons.